The van der Waals surface area contributed by atoms with Crippen molar-refractivity contribution >= 4 is 45.4 Å². The van der Waals surface area contributed by atoms with Gasteiger partial charge in [-0.15, -0.1) is 11.3 Å². The summed E-state index contributed by atoms with van der Waals surface area (Å²) in [6.07, 6.45) is 1.49. The van der Waals surface area contributed by atoms with Crippen molar-refractivity contribution in [3.8, 4) is 11.5 Å². The normalized spacial score (nSPS) is 10.7. The molecular formula is C21H17BrN2O4S. The lowest BCUT2D eigenvalue weighted by molar-refractivity contribution is 0.0733. The number of benzene rings is 2. The number of hydrogen-bond donors (Lipinski definition) is 1. The van der Waals surface area contributed by atoms with E-state index in [4.69, 9.17) is 9.47 Å². The van der Waals surface area contributed by atoms with E-state index in [2.05, 4.69) is 26.5 Å². The zero-order valence-corrected chi connectivity index (χ0v) is 17.8. The van der Waals surface area contributed by atoms with Crippen LogP contribution in [0.15, 0.2) is 69.6 Å². The van der Waals surface area contributed by atoms with Crippen molar-refractivity contribution in [3.05, 3.63) is 80.5 Å². The van der Waals surface area contributed by atoms with Gasteiger partial charge in [0.2, 0.25) is 0 Å². The molecule has 0 fully saturated rings. The highest BCUT2D eigenvalue weighted by molar-refractivity contribution is 9.10. The molecule has 1 aromatic heterocycles. The highest BCUT2D eigenvalue weighted by atomic mass is 79.9. The molecule has 6 nitrogen and oxygen atoms in total. The summed E-state index contributed by atoms with van der Waals surface area (Å²) in [5, 5.41) is 5.79. The molecule has 1 N–H and O–H groups in total. The van der Waals surface area contributed by atoms with Crippen molar-refractivity contribution in [2.75, 3.05) is 6.61 Å². The highest BCUT2D eigenvalue weighted by Gasteiger charge is 2.14. The minimum atomic E-state index is -0.441. The summed E-state index contributed by atoms with van der Waals surface area (Å²) in [5.74, 6) is -0.0296. The standard InChI is InChI=1S/C21H17BrN2O4S/c1-2-27-18-11-14(8-9-17(18)28-21(26)19-7-4-10-29-19)13-23-24-20(25)15-5-3-6-16(22)12-15/h3-13H,2H2,1H3,(H,24,25)/b23-13+. The molecule has 0 saturated carbocycles. The van der Waals surface area contributed by atoms with E-state index in [1.54, 1.807) is 48.5 Å². The number of nitrogens with zero attached hydrogens (tertiary/aromatic N) is 1. The van der Waals surface area contributed by atoms with E-state index in [0.717, 1.165) is 4.47 Å². The Labute approximate surface area is 180 Å². The van der Waals surface area contributed by atoms with Gasteiger partial charge in [-0.3, -0.25) is 4.79 Å². The van der Waals surface area contributed by atoms with Crippen LogP contribution in [0.1, 0.15) is 32.5 Å². The van der Waals surface area contributed by atoms with Crippen LogP contribution in [-0.2, 0) is 0 Å². The molecule has 0 bridgehead atoms. The Hall–Kier alpha value is -2.97. The van der Waals surface area contributed by atoms with Gasteiger partial charge in [0.1, 0.15) is 4.88 Å². The predicted octanol–water partition coefficient (Wildman–Crippen LogP) is 4.89. The second kappa shape index (κ2) is 9.99. The molecule has 8 heteroatoms. The lowest BCUT2D eigenvalue weighted by atomic mass is 10.2. The Kier molecular flexibility index (Phi) is 7.15. The fourth-order valence-corrected chi connectivity index (χ4v) is 3.36. The third-order valence-corrected chi connectivity index (χ3v) is 5.00. The number of halogens is 1. The van der Waals surface area contributed by atoms with Gasteiger partial charge in [-0.1, -0.05) is 28.1 Å². The maximum absolute atomic E-state index is 12.2. The van der Waals surface area contributed by atoms with Gasteiger partial charge >= 0.3 is 5.97 Å². The van der Waals surface area contributed by atoms with Gasteiger partial charge in [-0.2, -0.15) is 5.10 Å². The molecule has 3 rings (SSSR count). The number of hydrazone groups is 1. The van der Waals surface area contributed by atoms with Gasteiger partial charge in [0.25, 0.3) is 5.91 Å². The van der Waals surface area contributed by atoms with Gasteiger partial charge in [-0.05, 0) is 60.3 Å². The van der Waals surface area contributed by atoms with Crippen molar-refractivity contribution in [2.45, 2.75) is 6.92 Å². The van der Waals surface area contributed by atoms with Crippen LogP contribution >= 0.6 is 27.3 Å². The third-order valence-electron chi connectivity index (χ3n) is 3.66. The highest BCUT2D eigenvalue weighted by Crippen LogP contribution is 2.29. The zero-order chi connectivity index (χ0) is 20.6. The molecule has 0 aliphatic heterocycles. The van der Waals surface area contributed by atoms with Gasteiger partial charge in [0.15, 0.2) is 11.5 Å². The number of thiophene rings is 1. The first-order valence-electron chi connectivity index (χ1n) is 8.68. The van der Waals surface area contributed by atoms with Crippen LogP contribution in [0.25, 0.3) is 0 Å². The molecule has 2 aromatic carbocycles. The average Bonchev–Trinajstić information content (AvgIpc) is 3.25. The Morgan fingerprint density at radius 1 is 1.14 bits per heavy atom. The van der Waals surface area contributed by atoms with Crippen molar-refractivity contribution in [3.63, 3.8) is 0 Å². The number of ether oxygens (including phenoxy) is 2. The lowest BCUT2D eigenvalue weighted by Crippen LogP contribution is -2.17. The molecule has 1 amide bonds. The summed E-state index contributed by atoms with van der Waals surface area (Å²) in [7, 11) is 0. The summed E-state index contributed by atoms with van der Waals surface area (Å²) in [6, 6.07) is 15.5. The number of hydrogen-bond acceptors (Lipinski definition) is 6. The molecule has 1 heterocycles. The number of amides is 1. The SMILES string of the molecule is CCOc1cc(/C=N/NC(=O)c2cccc(Br)c2)ccc1OC(=O)c1cccs1. The molecule has 0 spiro atoms. The predicted molar refractivity (Wildman–Crippen MR) is 116 cm³/mol. The van der Waals surface area contributed by atoms with Gasteiger partial charge in [-0.25, -0.2) is 10.2 Å². The third kappa shape index (κ3) is 5.75. The van der Waals surface area contributed by atoms with Crippen LogP contribution in [-0.4, -0.2) is 24.7 Å². The van der Waals surface area contributed by atoms with Gasteiger partial charge in [0.05, 0.1) is 12.8 Å². The van der Waals surface area contributed by atoms with Crippen molar-refractivity contribution in [1.29, 1.82) is 0 Å². The zero-order valence-electron chi connectivity index (χ0n) is 15.4. The van der Waals surface area contributed by atoms with E-state index in [1.807, 2.05) is 18.4 Å². The first-order chi connectivity index (χ1) is 14.1. The van der Waals surface area contributed by atoms with Crippen molar-refractivity contribution in [2.24, 2.45) is 5.10 Å². The van der Waals surface area contributed by atoms with E-state index >= 15 is 0 Å². The molecule has 0 atom stereocenters. The summed E-state index contributed by atoms with van der Waals surface area (Å²) in [6.45, 7) is 2.24. The summed E-state index contributed by atoms with van der Waals surface area (Å²) < 4.78 is 11.8. The maximum Gasteiger partial charge on any atom is 0.353 e. The van der Waals surface area contributed by atoms with Crippen LogP contribution < -0.4 is 14.9 Å². The molecule has 148 valence electrons. The Morgan fingerprint density at radius 2 is 2.00 bits per heavy atom. The van der Waals surface area contributed by atoms with Gasteiger partial charge < -0.3 is 9.47 Å². The average molecular weight is 473 g/mol. The topological polar surface area (TPSA) is 77.0 Å². The Bertz CT molecular complexity index is 1030. The van der Waals surface area contributed by atoms with E-state index in [1.165, 1.54) is 17.6 Å². The maximum atomic E-state index is 12.2. The van der Waals surface area contributed by atoms with E-state index < -0.39 is 5.97 Å². The number of rotatable bonds is 7. The van der Waals surface area contributed by atoms with Crippen LogP contribution in [0.2, 0.25) is 0 Å². The second-order valence-electron chi connectivity index (χ2n) is 5.72. The number of carbonyl (C=O) groups excluding carboxylic acids is 2. The fraction of sp³-hybridized carbons (Fsp3) is 0.0952. The molecule has 0 radical (unpaired) electrons. The molecule has 0 saturated heterocycles. The summed E-state index contributed by atoms with van der Waals surface area (Å²) in [5.41, 5.74) is 3.64. The smallest absolute Gasteiger partial charge is 0.353 e. The number of nitrogens with one attached hydrogen (secondary N) is 1. The molecule has 29 heavy (non-hydrogen) atoms. The lowest BCUT2D eigenvalue weighted by Gasteiger charge is -2.10. The van der Waals surface area contributed by atoms with Crippen LogP contribution in [0, 0.1) is 0 Å². The molecule has 0 aliphatic carbocycles. The second-order valence-corrected chi connectivity index (χ2v) is 7.58. The van der Waals surface area contributed by atoms with Crippen LogP contribution in [0.3, 0.4) is 0 Å². The summed E-state index contributed by atoms with van der Waals surface area (Å²) >= 11 is 4.63. The minimum Gasteiger partial charge on any atom is -0.490 e. The molecular weight excluding hydrogens is 456 g/mol. The molecule has 3 aromatic rings. The summed E-state index contributed by atoms with van der Waals surface area (Å²) in [4.78, 5) is 24.8. The first-order valence-corrected chi connectivity index (χ1v) is 10.4. The molecule has 0 unspecified atom stereocenters. The number of carbonyl (C=O) groups is 2. The van der Waals surface area contributed by atoms with E-state index in [0.29, 0.717) is 34.1 Å². The van der Waals surface area contributed by atoms with Crippen molar-refractivity contribution in [1.82, 2.24) is 5.43 Å². The van der Waals surface area contributed by atoms with E-state index in [-0.39, 0.29) is 5.91 Å². The number of esters is 1. The van der Waals surface area contributed by atoms with Crippen molar-refractivity contribution < 1.29 is 19.1 Å². The Balaban J connectivity index is 1.69. The van der Waals surface area contributed by atoms with E-state index in [9.17, 15) is 9.59 Å². The fourth-order valence-electron chi connectivity index (χ4n) is 2.36. The molecule has 0 aliphatic rings. The van der Waals surface area contributed by atoms with Gasteiger partial charge in [0, 0.05) is 10.0 Å². The monoisotopic (exact) mass is 472 g/mol. The van der Waals surface area contributed by atoms with Crippen LogP contribution in [0.5, 0.6) is 11.5 Å². The largest absolute Gasteiger partial charge is 0.490 e. The van der Waals surface area contributed by atoms with Crippen LogP contribution in [0.4, 0.5) is 0 Å². The first kappa shape index (κ1) is 20.8. The minimum absolute atomic E-state index is 0.320. The Morgan fingerprint density at radius 3 is 2.72 bits per heavy atom. The quantitative estimate of drug-likeness (QED) is 0.229.